The maximum Gasteiger partial charge on any atom is 0.257 e. The van der Waals surface area contributed by atoms with Gasteiger partial charge in [-0.15, -0.1) is 0 Å². The Morgan fingerprint density at radius 1 is 1.23 bits per heavy atom. The van der Waals surface area contributed by atoms with E-state index in [-0.39, 0.29) is 5.91 Å². The van der Waals surface area contributed by atoms with E-state index < -0.39 is 0 Å². The minimum absolute atomic E-state index is 0.0604. The highest BCUT2D eigenvalue weighted by molar-refractivity contribution is 5.95. The van der Waals surface area contributed by atoms with Crippen molar-refractivity contribution in [2.24, 2.45) is 5.92 Å². The molecule has 7 nitrogen and oxygen atoms in total. The van der Waals surface area contributed by atoms with Gasteiger partial charge in [0.05, 0.1) is 24.5 Å². The van der Waals surface area contributed by atoms with Gasteiger partial charge in [0.2, 0.25) is 5.95 Å². The standard InChI is InChI=1S/C19H31N5O2/c1-14-17(13-20-19(21-14)22(3)4)18(25)24-7-5-16(6-8-24)15(2)23-9-11-26-12-10-23/h13,15-16H,5-12H2,1-4H3. The summed E-state index contributed by atoms with van der Waals surface area (Å²) in [5.74, 6) is 1.34. The van der Waals surface area contributed by atoms with E-state index in [4.69, 9.17) is 4.74 Å². The predicted molar refractivity (Wildman–Crippen MR) is 102 cm³/mol. The van der Waals surface area contributed by atoms with E-state index in [9.17, 15) is 4.79 Å². The molecule has 26 heavy (non-hydrogen) atoms. The van der Waals surface area contributed by atoms with Crippen molar-refractivity contribution in [3.63, 3.8) is 0 Å². The van der Waals surface area contributed by atoms with Gasteiger partial charge in [0.1, 0.15) is 0 Å². The third-order valence-electron chi connectivity index (χ3n) is 5.73. The number of rotatable bonds is 4. The Balaban J connectivity index is 1.58. The molecule has 0 aromatic carbocycles. The van der Waals surface area contributed by atoms with Crippen molar-refractivity contribution in [2.75, 3.05) is 58.4 Å². The van der Waals surface area contributed by atoms with E-state index in [1.807, 2.05) is 30.8 Å². The second kappa shape index (κ2) is 8.31. The second-order valence-corrected chi connectivity index (χ2v) is 7.58. The highest BCUT2D eigenvalue weighted by atomic mass is 16.5. The van der Waals surface area contributed by atoms with Gasteiger partial charge in [-0.3, -0.25) is 9.69 Å². The van der Waals surface area contributed by atoms with Crippen LogP contribution < -0.4 is 4.90 Å². The van der Waals surface area contributed by atoms with Crippen molar-refractivity contribution < 1.29 is 9.53 Å². The van der Waals surface area contributed by atoms with Crippen LogP contribution in [0, 0.1) is 12.8 Å². The number of carbonyl (C=O) groups excluding carboxylic acids is 1. The van der Waals surface area contributed by atoms with Gasteiger partial charge in [0.25, 0.3) is 5.91 Å². The molecule has 1 atom stereocenters. The maximum atomic E-state index is 12.9. The molecule has 144 valence electrons. The summed E-state index contributed by atoms with van der Waals surface area (Å²) < 4.78 is 5.46. The van der Waals surface area contributed by atoms with E-state index in [2.05, 4.69) is 21.8 Å². The Morgan fingerprint density at radius 2 is 1.88 bits per heavy atom. The predicted octanol–water partition coefficient (Wildman–Crippen LogP) is 1.42. The van der Waals surface area contributed by atoms with Gasteiger partial charge in [-0.1, -0.05) is 0 Å². The van der Waals surface area contributed by atoms with Gasteiger partial charge in [-0.05, 0) is 32.6 Å². The largest absolute Gasteiger partial charge is 0.379 e. The molecule has 0 N–H and O–H groups in total. The Hall–Kier alpha value is -1.73. The number of nitrogens with zero attached hydrogens (tertiary/aromatic N) is 5. The van der Waals surface area contributed by atoms with Crippen molar-refractivity contribution in [3.8, 4) is 0 Å². The summed E-state index contributed by atoms with van der Waals surface area (Å²) in [6.45, 7) is 9.55. The smallest absolute Gasteiger partial charge is 0.257 e. The van der Waals surface area contributed by atoms with E-state index in [0.717, 1.165) is 57.9 Å². The highest BCUT2D eigenvalue weighted by Gasteiger charge is 2.31. The van der Waals surface area contributed by atoms with Crippen LogP contribution in [0.3, 0.4) is 0 Å². The molecule has 1 aromatic heterocycles. The third kappa shape index (κ3) is 4.15. The lowest BCUT2D eigenvalue weighted by Gasteiger charge is -2.41. The van der Waals surface area contributed by atoms with Gasteiger partial charge in [-0.2, -0.15) is 0 Å². The van der Waals surface area contributed by atoms with Gasteiger partial charge in [0, 0.05) is 52.5 Å². The first kappa shape index (κ1) is 19.0. The average molecular weight is 361 g/mol. The molecule has 1 unspecified atom stereocenters. The lowest BCUT2D eigenvalue weighted by molar-refractivity contribution is -0.000959. The number of piperidine rings is 1. The number of anilines is 1. The minimum Gasteiger partial charge on any atom is -0.379 e. The lowest BCUT2D eigenvalue weighted by Crippen LogP contribution is -2.49. The number of likely N-dealkylation sites (tertiary alicyclic amines) is 1. The molecule has 0 radical (unpaired) electrons. The zero-order chi connectivity index (χ0) is 18.7. The zero-order valence-corrected chi connectivity index (χ0v) is 16.4. The van der Waals surface area contributed by atoms with Gasteiger partial charge in [0.15, 0.2) is 0 Å². The first-order valence-corrected chi connectivity index (χ1v) is 9.59. The topological polar surface area (TPSA) is 61.8 Å². The van der Waals surface area contributed by atoms with Crippen LogP contribution in [0.15, 0.2) is 6.20 Å². The first-order chi connectivity index (χ1) is 12.5. The van der Waals surface area contributed by atoms with Gasteiger partial charge < -0.3 is 14.5 Å². The molecule has 2 aliphatic heterocycles. The molecule has 3 heterocycles. The van der Waals surface area contributed by atoms with Crippen molar-refractivity contribution in [1.82, 2.24) is 19.8 Å². The van der Waals surface area contributed by atoms with Crippen LogP contribution in [-0.4, -0.2) is 85.2 Å². The maximum absolute atomic E-state index is 12.9. The highest BCUT2D eigenvalue weighted by Crippen LogP contribution is 2.26. The minimum atomic E-state index is 0.0604. The summed E-state index contributed by atoms with van der Waals surface area (Å²) >= 11 is 0. The Morgan fingerprint density at radius 3 is 2.46 bits per heavy atom. The fourth-order valence-corrected chi connectivity index (χ4v) is 3.92. The molecule has 2 fully saturated rings. The summed E-state index contributed by atoms with van der Waals surface area (Å²) in [7, 11) is 3.80. The fourth-order valence-electron chi connectivity index (χ4n) is 3.92. The van der Waals surface area contributed by atoms with Crippen LogP contribution >= 0.6 is 0 Å². The number of hydrogen-bond donors (Lipinski definition) is 0. The number of aromatic nitrogens is 2. The average Bonchev–Trinajstić information content (AvgIpc) is 2.67. The monoisotopic (exact) mass is 361 g/mol. The van der Waals surface area contributed by atoms with Gasteiger partial charge in [-0.25, -0.2) is 9.97 Å². The molecule has 0 bridgehead atoms. The summed E-state index contributed by atoms with van der Waals surface area (Å²) in [6.07, 6.45) is 3.78. The second-order valence-electron chi connectivity index (χ2n) is 7.58. The number of carbonyl (C=O) groups is 1. The molecule has 0 spiro atoms. The molecule has 7 heteroatoms. The lowest BCUT2D eigenvalue weighted by atomic mass is 9.89. The quantitative estimate of drug-likeness (QED) is 0.808. The number of morpholine rings is 1. The van der Waals surface area contributed by atoms with Crippen molar-refractivity contribution in [2.45, 2.75) is 32.7 Å². The molecule has 0 aliphatic carbocycles. The number of ether oxygens (including phenoxy) is 1. The normalized spacial score (nSPS) is 20.8. The van der Waals surface area contributed by atoms with Crippen molar-refractivity contribution in [1.29, 1.82) is 0 Å². The number of amides is 1. The van der Waals surface area contributed by atoms with Crippen molar-refractivity contribution in [3.05, 3.63) is 17.5 Å². The summed E-state index contributed by atoms with van der Waals surface area (Å²) in [5, 5.41) is 0. The Labute approximate surface area is 156 Å². The van der Waals surface area contributed by atoms with E-state index in [0.29, 0.717) is 23.5 Å². The molecule has 1 amide bonds. The van der Waals surface area contributed by atoms with Crippen LogP contribution in [-0.2, 0) is 4.74 Å². The van der Waals surface area contributed by atoms with E-state index in [1.54, 1.807) is 6.20 Å². The Bertz CT molecular complexity index is 622. The van der Waals surface area contributed by atoms with Crippen LogP contribution in [0.1, 0.15) is 35.8 Å². The number of aryl methyl sites for hydroxylation is 1. The summed E-state index contributed by atoms with van der Waals surface area (Å²) in [6, 6.07) is 0.556. The molecule has 0 saturated carbocycles. The number of hydrogen-bond acceptors (Lipinski definition) is 6. The van der Waals surface area contributed by atoms with Crippen LogP contribution in [0.25, 0.3) is 0 Å². The SMILES string of the molecule is Cc1nc(N(C)C)ncc1C(=O)N1CCC(C(C)N2CCOCC2)CC1. The van der Waals surface area contributed by atoms with Crippen LogP contribution in [0.4, 0.5) is 5.95 Å². The van der Waals surface area contributed by atoms with Crippen molar-refractivity contribution >= 4 is 11.9 Å². The molecular weight excluding hydrogens is 330 g/mol. The molecular formula is C19H31N5O2. The summed E-state index contributed by atoms with van der Waals surface area (Å²) in [5.41, 5.74) is 1.37. The van der Waals surface area contributed by atoms with Gasteiger partial charge >= 0.3 is 0 Å². The Kier molecular flexibility index (Phi) is 6.09. The fraction of sp³-hybridized carbons (Fsp3) is 0.737. The summed E-state index contributed by atoms with van der Waals surface area (Å²) in [4.78, 5) is 28.0. The molecule has 1 aromatic rings. The van der Waals surface area contributed by atoms with Crippen LogP contribution in [0.2, 0.25) is 0 Å². The molecule has 3 rings (SSSR count). The zero-order valence-electron chi connectivity index (χ0n) is 16.4. The molecule has 2 saturated heterocycles. The van der Waals surface area contributed by atoms with Crippen LogP contribution in [0.5, 0.6) is 0 Å². The van der Waals surface area contributed by atoms with E-state index >= 15 is 0 Å². The third-order valence-corrected chi connectivity index (χ3v) is 5.73. The molecule has 2 aliphatic rings. The first-order valence-electron chi connectivity index (χ1n) is 9.59. The van der Waals surface area contributed by atoms with E-state index in [1.165, 1.54) is 0 Å².